The predicted octanol–water partition coefficient (Wildman–Crippen LogP) is 4.60. The largest absolute Gasteiger partial charge is 0.506 e. The molecule has 2 aromatic carbocycles. The van der Waals surface area contributed by atoms with E-state index in [9.17, 15) is 5.11 Å². The maximum atomic E-state index is 10.3. The second-order valence-corrected chi connectivity index (χ2v) is 8.19. The van der Waals surface area contributed by atoms with Gasteiger partial charge in [-0.2, -0.15) is 5.21 Å². The molecule has 33 heavy (non-hydrogen) atoms. The third-order valence-electron chi connectivity index (χ3n) is 5.94. The fourth-order valence-electron chi connectivity index (χ4n) is 4.21. The molecule has 0 amide bonds. The number of rotatable bonds is 6. The van der Waals surface area contributed by atoms with Crippen molar-refractivity contribution in [3.8, 4) is 28.3 Å². The molecule has 166 valence electrons. The number of nitrogens with zero attached hydrogens (tertiary/aromatic N) is 6. The van der Waals surface area contributed by atoms with Gasteiger partial charge in [0.25, 0.3) is 0 Å². The van der Waals surface area contributed by atoms with Crippen LogP contribution >= 0.6 is 0 Å². The summed E-state index contributed by atoms with van der Waals surface area (Å²) in [6.45, 7) is 6.53. The van der Waals surface area contributed by atoms with E-state index >= 15 is 0 Å². The number of aromatic hydroxyl groups is 1. The maximum absolute atomic E-state index is 10.3. The molecular formula is C25H25N7O. The third kappa shape index (κ3) is 3.73. The molecule has 2 N–H and O–H groups in total. The number of imidazole rings is 1. The molecule has 8 heteroatoms. The summed E-state index contributed by atoms with van der Waals surface area (Å²) in [6.07, 6.45) is 1.84. The molecule has 0 radical (unpaired) electrons. The molecule has 0 fully saturated rings. The van der Waals surface area contributed by atoms with Crippen molar-refractivity contribution in [3.63, 3.8) is 0 Å². The molecule has 0 saturated heterocycles. The van der Waals surface area contributed by atoms with Crippen LogP contribution in [0.3, 0.4) is 0 Å². The Hall–Kier alpha value is -4.07. The Morgan fingerprint density at radius 2 is 1.73 bits per heavy atom. The summed E-state index contributed by atoms with van der Waals surface area (Å²) < 4.78 is 2.17. The van der Waals surface area contributed by atoms with Gasteiger partial charge in [0.1, 0.15) is 17.1 Å². The highest BCUT2D eigenvalue weighted by Crippen LogP contribution is 2.31. The zero-order valence-corrected chi connectivity index (χ0v) is 18.9. The molecule has 5 aromatic rings. The Labute approximate surface area is 191 Å². The van der Waals surface area contributed by atoms with Crippen molar-refractivity contribution in [1.82, 2.24) is 35.2 Å². The number of pyridine rings is 1. The number of fused-ring (bicyclic) bond motifs is 1. The molecule has 3 aromatic heterocycles. The van der Waals surface area contributed by atoms with E-state index in [2.05, 4.69) is 67.4 Å². The number of H-pyrrole nitrogens is 1. The van der Waals surface area contributed by atoms with E-state index in [1.54, 1.807) is 0 Å². The van der Waals surface area contributed by atoms with E-state index in [0.29, 0.717) is 18.1 Å². The summed E-state index contributed by atoms with van der Waals surface area (Å²) in [5, 5.41) is 24.8. The number of hydrogen-bond donors (Lipinski definition) is 2. The number of tetrazole rings is 1. The summed E-state index contributed by atoms with van der Waals surface area (Å²) in [5.41, 5.74) is 7.20. The van der Waals surface area contributed by atoms with Crippen molar-refractivity contribution in [2.75, 3.05) is 0 Å². The van der Waals surface area contributed by atoms with Crippen LogP contribution in [0, 0.1) is 13.8 Å². The van der Waals surface area contributed by atoms with Gasteiger partial charge in [-0.25, -0.2) is 9.97 Å². The van der Waals surface area contributed by atoms with Gasteiger partial charge in [-0.3, -0.25) is 0 Å². The second-order valence-electron chi connectivity index (χ2n) is 8.19. The Balaban J connectivity index is 1.52. The lowest BCUT2D eigenvalue weighted by atomic mass is 9.98. The van der Waals surface area contributed by atoms with Gasteiger partial charge in [0.15, 0.2) is 5.65 Å². The van der Waals surface area contributed by atoms with Crippen LogP contribution in [0.2, 0.25) is 0 Å². The van der Waals surface area contributed by atoms with Gasteiger partial charge in [0, 0.05) is 17.5 Å². The summed E-state index contributed by atoms with van der Waals surface area (Å²) >= 11 is 0. The lowest BCUT2D eigenvalue weighted by molar-refractivity contribution is 0.464. The highest BCUT2D eigenvalue weighted by atomic mass is 16.3. The van der Waals surface area contributed by atoms with Crippen LogP contribution in [0.5, 0.6) is 5.75 Å². The normalized spacial score (nSPS) is 11.4. The Morgan fingerprint density at radius 3 is 2.42 bits per heavy atom. The molecule has 0 bridgehead atoms. The van der Waals surface area contributed by atoms with E-state index in [0.717, 1.165) is 57.6 Å². The Bertz CT molecular complexity index is 1420. The van der Waals surface area contributed by atoms with Gasteiger partial charge >= 0.3 is 0 Å². The molecule has 8 nitrogen and oxygen atoms in total. The van der Waals surface area contributed by atoms with Gasteiger partial charge in [-0.1, -0.05) is 55.5 Å². The standard InChI is InChI=1S/C25H25N7O/c1-4-7-21-27-22-15(2)23(33)16(3)26-25(22)32(21)14-17-10-12-18(13-11-17)19-8-5-6-9-20(19)24-28-30-31-29-24/h5-6,8-13,33H,4,7,14H2,1-3H3,(H,28,29,30,31). The van der Waals surface area contributed by atoms with Crippen molar-refractivity contribution in [1.29, 1.82) is 0 Å². The zero-order chi connectivity index (χ0) is 22.9. The SMILES string of the molecule is CCCc1nc2c(C)c(O)c(C)nc2n1Cc1ccc(-c2ccccc2-c2nn[nH]n2)cc1. The summed E-state index contributed by atoms with van der Waals surface area (Å²) in [6, 6.07) is 16.5. The molecule has 0 aliphatic carbocycles. The quantitative estimate of drug-likeness (QED) is 0.400. The van der Waals surface area contributed by atoms with Crippen LogP contribution in [0.15, 0.2) is 48.5 Å². The Morgan fingerprint density at radius 1 is 0.970 bits per heavy atom. The highest BCUT2D eigenvalue weighted by molar-refractivity contribution is 5.81. The number of nitrogens with one attached hydrogen (secondary N) is 1. The van der Waals surface area contributed by atoms with E-state index in [-0.39, 0.29) is 5.75 Å². The number of aromatic amines is 1. The first-order valence-electron chi connectivity index (χ1n) is 11.0. The molecule has 3 heterocycles. The van der Waals surface area contributed by atoms with Crippen LogP contribution in [0.4, 0.5) is 0 Å². The first kappa shape index (κ1) is 20.8. The van der Waals surface area contributed by atoms with Gasteiger partial charge in [0.05, 0.1) is 12.2 Å². The molecule has 0 unspecified atom stereocenters. The first-order valence-corrected chi connectivity index (χ1v) is 11.0. The second kappa shape index (κ2) is 8.46. The summed E-state index contributed by atoms with van der Waals surface area (Å²) in [7, 11) is 0. The summed E-state index contributed by atoms with van der Waals surface area (Å²) in [4.78, 5) is 9.49. The number of hydrogen-bond acceptors (Lipinski definition) is 6. The van der Waals surface area contributed by atoms with E-state index in [1.807, 2.05) is 32.0 Å². The Kier molecular flexibility index (Phi) is 5.34. The molecule has 0 spiro atoms. The monoisotopic (exact) mass is 439 g/mol. The molecular weight excluding hydrogens is 414 g/mol. The van der Waals surface area contributed by atoms with Crippen LogP contribution in [0.25, 0.3) is 33.7 Å². The fraction of sp³-hybridized carbons (Fsp3) is 0.240. The van der Waals surface area contributed by atoms with Crippen LogP contribution in [-0.2, 0) is 13.0 Å². The van der Waals surface area contributed by atoms with E-state index in [4.69, 9.17) is 4.98 Å². The average molecular weight is 440 g/mol. The number of benzene rings is 2. The first-order chi connectivity index (χ1) is 16.1. The van der Waals surface area contributed by atoms with Gasteiger partial charge in [0.2, 0.25) is 5.82 Å². The molecule has 5 rings (SSSR count). The molecule has 0 saturated carbocycles. The minimum Gasteiger partial charge on any atom is -0.506 e. The van der Waals surface area contributed by atoms with Crippen LogP contribution in [0.1, 0.15) is 36.0 Å². The van der Waals surface area contributed by atoms with Crippen molar-refractivity contribution in [2.45, 2.75) is 40.2 Å². The van der Waals surface area contributed by atoms with Crippen molar-refractivity contribution in [3.05, 3.63) is 71.2 Å². The van der Waals surface area contributed by atoms with E-state index < -0.39 is 0 Å². The lowest BCUT2D eigenvalue weighted by Crippen LogP contribution is -2.06. The summed E-state index contributed by atoms with van der Waals surface area (Å²) in [5.74, 6) is 1.78. The van der Waals surface area contributed by atoms with Crippen molar-refractivity contribution in [2.24, 2.45) is 0 Å². The number of aryl methyl sites for hydroxylation is 3. The topological polar surface area (TPSA) is 105 Å². The molecule has 0 aliphatic heterocycles. The van der Waals surface area contributed by atoms with Crippen molar-refractivity contribution < 1.29 is 5.11 Å². The fourth-order valence-corrected chi connectivity index (χ4v) is 4.21. The smallest absolute Gasteiger partial charge is 0.205 e. The van der Waals surface area contributed by atoms with Gasteiger partial charge < -0.3 is 9.67 Å². The predicted molar refractivity (Wildman–Crippen MR) is 127 cm³/mol. The molecule has 0 aliphatic rings. The number of aromatic nitrogens is 7. The van der Waals surface area contributed by atoms with E-state index in [1.165, 1.54) is 0 Å². The van der Waals surface area contributed by atoms with Gasteiger partial charge in [-0.15, -0.1) is 10.2 Å². The van der Waals surface area contributed by atoms with Crippen LogP contribution in [-0.4, -0.2) is 40.3 Å². The van der Waals surface area contributed by atoms with Crippen molar-refractivity contribution >= 4 is 11.2 Å². The zero-order valence-electron chi connectivity index (χ0n) is 18.9. The third-order valence-corrected chi connectivity index (χ3v) is 5.94. The maximum Gasteiger partial charge on any atom is 0.205 e. The van der Waals surface area contributed by atoms with Crippen LogP contribution < -0.4 is 0 Å². The minimum atomic E-state index is 0.222. The highest BCUT2D eigenvalue weighted by Gasteiger charge is 2.18. The average Bonchev–Trinajstić information content (AvgIpc) is 3.48. The molecule has 0 atom stereocenters. The van der Waals surface area contributed by atoms with Gasteiger partial charge in [-0.05, 0) is 42.2 Å². The minimum absolute atomic E-state index is 0.222. The lowest BCUT2D eigenvalue weighted by Gasteiger charge is -2.11.